The van der Waals surface area contributed by atoms with Crippen LogP contribution in [0.4, 0.5) is 0 Å². The molecule has 0 N–H and O–H groups in total. The largest absolute Gasteiger partial charge is 0.0981 e. The van der Waals surface area contributed by atoms with E-state index in [2.05, 4.69) is 65.1 Å². The first-order valence-corrected chi connectivity index (χ1v) is 20.2. The van der Waals surface area contributed by atoms with E-state index in [1.54, 1.807) is 0 Å². The van der Waals surface area contributed by atoms with Crippen molar-refractivity contribution in [2.75, 3.05) is 0 Å². The Morgan fingerprint density at radius 1 is 0.442 bits per heavy atom. The average molecular weight is 639 g/mol. The highest BCUT2D eigenvalue weighted by Crippen LogP contribution is 2.40. The van der Waals surface area contributed by atoms with Crippen LogP contribution >= 0.6 is 35.3 Å². The van der Waals surface area contributed by atoms with Gasteiger partial charge in [0.2, 0.25) is 0 Å². The Hall–Kier alpha value is -1.03. The third kappa shape index (κ3) is 14.7. The zero-order valence-electron chi connectivity index (χ0n) is 28.2. The van der Waals surface area contributed by atoms with Crippen LogP contribution in [-0.4, -0.2) is 0 Å². The smallest absolute Gasteiger partial charge is 0.0180 e. The predicted octanol–water partition coefficient (Wildman–Crippen LogP) is 14.8. The lowest BCUT2D eigenvalue weighted by molar-refractivity contribution is 0.652. The maximum atomic E-state index is 4.11. The van der Waals surface area contributed by atoms with Crippen LogP contribution in [0, 0.1) is 0 Å². The van der Waals surface area contributed by atoms with Gasteiger partial charge in [-0.05, 0) is 109 Å². The Labute approximate surface area is 280 Å². The molecule has 2 aromatic rings. The van der Waals surface area contributed by atoms with Gasteiger partial charge in [0.15, 0.2) is 0 Å². The third-order valence-electron chi connectivity index (χ3n) is 8.27. The first kappa shape index (κ1) is 38.2. The summed E-state index contributed by atoms with van der Waals surface area (Å²) in [7, 11) is 0. The van der Waals surface area contributed by atoms with Gasteiger partial charge in [-0.15, -0.1) is 0 Å². The highest BCUT2D eigenvalue weighted by molar-refractivity contribution is 8.02. The molecule has 0 aliphatic heterocycles. The monoisotopic (exact) mass is 638 g/mol. The van der Waals surface area contributed by atoms with Crippen molar-refractivity contribution in [2.45, 2.75) is 176 Å². The maximum Gasteiger partial charge on any atom is 0.0180 e. The molecule has 0 fully saturated rings. The Morgan fingerprint density at radius 3 is 0.953 bits per heavy atom. The lowest BCUT2D eigenvalue weighted by atomic mass is 10.00. The van der Waals surface area contributed by atoms with Gasteiger partial charge in [0.1, 0.15) is 0 Å². The molecule has 0 nitrogen and oxygen atoms in total. The quantitative estimate of drug-likeness (QED) is 0.0743. The van der Waals surface area contributed by atoms with Crippen molar-refractivity contribution in [3.63, 3.8) is 0 Å². The molecule has 3 heteroatoms. The molecule has 0 saturated heterocycles. The summed E-state index contributed by atoms with van der Waals surface area (Å²) < 4.78 is 0. The second-order valence-corrected chi connectivity index (χ2v) is 15.2. The first-order valence-electron chi connectivity index (χ1n) is 17.7. The van der Waals surface area contributed by atoms with E-state index in [4.69, 9.17) is 0 Å². The molecule has 0 bridgehead atoms. The molecule has 2 rings (SSSR count). The molecule has 0 aliphatic carbocycles. The summed E-state index contributed by atoms with van der Waals surface area (Å²) >= 11 is 5.71. The maximum absolute atomic E-state index is 4.11. The molecule has 0 unspecified atom stereocenters. The summed E-state index contributed by atoms with van der Waals surface area (Å²) in [5.74, 6) is 0. The molecule has 0 amide bonds. The van der Waals surface area contributed by atoms with Crippen molar-refractivity contribution in [3.05, 3.63) is 70.5 Å². The van der Waals surface area contributed by atoms with Gasteiger partial charge in [-0.1, -0.05) is 153 Å². The highest BCUT2D eigenvalue weighted by atomic mass is 32.2. The minimum Gasteiger partial charge on any atom is -0.0981 e. The Morgan fingerprint density at radius 2 is 0.721 bits per heavy atom. The van der Waals surface area contributed by atoms with E-state index in [-0.39, 0.29) is 0 Å². The van der Waals surface area contributed by atoms with Gasteiger partial charge >= 0.3 is 0 Å². The standard InChI is InChI=1S/C40H62S3/c1-7-13-17-21-25-33-29-37(30-34(39(33)41-11-5)26-22-18-14-8-2)43-38-31-35(27-23-19-15-9-3)40(42-12-6)36(32-38)28-24-20-16-10-4/h11-12,29-32H,5-10,13-28H2,1-4H3. The fraction of sp³-hybridized carbons (Fsp3) is 0.600. The van der Waals surface area contributed by atoms with Crippen molar-refractivity contribution in [2.24, 2.45) is 0 Å². The summed E-state index contributed by atoms with van der Waals surface area (Å²) in [4.78, 5) is 5.81. The summed E-state index contributed by atoms with van der Waals surface area (Å²) in [6, 6.07) is 10.1. The average Bonchev–Trinajstić information content (AvgIpc) is 3.00. The molecule has 0 aromatic heterocycles. The van der Waals surface area contributed by atoms with Crippen molar-refractivity contribution in [3.8, 4) is 0 Å². The predicted molar refractivity (Wildman–Crippen MR) is 200 cm³/mol. The Balaban J connectivity index is 2.49. The van der Waals surface area contributed by atoms with Crippen molar-refractivity contribution >= 4 is 35.3 Å². The van der Waals surface area contributed by atoms with Crippen LogP contribution in [-0.2, 0) is 25.7 Å². The van der Waals surface area contributed by atoms with E-state index in [0.29, 0.717) is 0 Å². The lowest BCUT2D eigenvalue weighted by Gasteiger charge is -2.18. The summed E-state index contributed by atoms with van der Waals surface area (Å²) in [6.45, 7) is 17.4. The fourth-order valence-corrected chi connectivity index (χ4v) is 8.54. The van der Waals surface area contributed by atoms with Gasteiger partial charge in [-0.25, -0.2) is 0 Å². The molecule has 0 heterocycles. The van der Waals surface area contributed by atoms with Gasteiger partial charge < -0.3 is 0 Å². The molecule has 0 spiro atoms. The summed E-state index contributed by atoms with van der Waals surface area (Å²) in [5.41, 5.74) is 6.15. The van der Waals surface area contributed by atoms with Crippen molar-refractivity contribution < 1.29 is 0 Å². The summed E-state index contributed by atoms with van der Waals surface area (Å²) in [6.07, 6.45) is 25.6. The normalized spacial score (nSPS) is 11.3. The van der Waals surface area contributed by atoms with Gasteiger partial charge in [0.25, 0.3) is 0 Å². The van der Waals surface area contributed by atoms with E-state index in [0.717, 1.165) is 0 Å². The fourth-order valence-electron chi connectivity index (χ4n) is 5.88. The molecular formula is C40H62S3. The zero-order valence-corrected chi connectivity index (χ0v) is 30.7. The molecular weight excluding hydrogens is 577 g/mol. The van der Waals surface area contributed by atoms with Gasteiger partial charge in [0.05, 0.1) is 0 Å². The second kappa shape index (κ2) is 24.2. The molecule has 0 aliphatic rings. The molecule has 240 valence electrons. The Bertz CT molecular complexity index is 904. The van der Waals surface area contributed by atoms with Crippen LogP contribution in [0.5, 0.6) is 0 Å². The van der Waals surface area contributed by atoms with Crippen LogP contribution in [0.2, 0.25) is 0 Å². The number of unbranched alkanes of at least 4 members (excludes halogenated alkanes) is 12. The lowest BCUT2D eigenvalue weighted by Crippen LogP contribution is -1.99. The first-order chi connectivity index (χ1) is 21.1. The number of hydrogen-bond donors (Lipinski definition) is 0. The van der Waals surface area contributed by atoms with Gasteiger partial charge in [-0.2, -0.15) is 0 Å². The van der Waals surface area contributed by atoms with Gasteiger partial charge in [0, 0.05) is 19.6 Å². The second-order valence-electron chi connectivity index (χ2n) is 12.1. The molecule has 2 aromatic carbocycles. The number of rotatable bonds is 26. The number of thioether (sulfide) groups is 2. The van der Waals surface area contributed by atoms with E-state index in [1.165, 1.54) is 170 Å². The number of benzene rings is 2. The zero-order chi connectivity index (χ0) is 31.1. The van der Waals surface area contributed by atoms with Crippen molar-refractivity contribution in [1.29, 1.82) is 0 Å². The molecule has 43 heavy (non-hydrogen) atoms. The van der Waals surface area contributed by atoms with E-state index in [9.17, 15) is 0 Å². The number of aryl methyl sites for hydroxylation is 4. The topological polar surface area (TPSA) is 0 Å². The van der Waals surface area contributed by atoms with Crippen LogP contribution in [0.25, 0.3) is 0 Å². The van der Waals surface area contributed by atoms with E-state index < -0.39 is 0 Å². The highest BCUT2D eigenvalue weighted by Gasteiger charge is 2.15. The molecule has 0 radical (unpaired) electrons. The van der Waals surface area contributed by atoms with Crippen LogP contribution in [0.15, 0.2) is 67.8 Å². The minimum absolute atomic E-state index is 1.17. The Kier molecular flexibility index (Phi) is 21.5. The number of hydrogen-bond acceptors (Lipinski definition) is 3. The SMILES string of the molecule is C=CSc1c(CCCCCC)cc(Sc2cc(CCCCCC)c(SC=C)c(CCCCCC)c2)cc1CCCCCC. The van der Waals surface area contributed by atoms with Crippen LogP contribution < -0.4 is 0 Å². The van der Waals surface area contributed by atoms with Crippen molar-refractivity contribution in [1.82, 2.24) is 0 Å². The van der Waals surface area contributed by atoms with Crippen LogP contribution in [0.3, 0.4) is 0 Å². The van der Waals surface area contributed by atoms with Crippen LogP contribution in [0.1, 0.15) is 153 Å². The summed E-state index contributed by atoms with van der Waals surface area (Å²) in [5, 5.41) is 4.08. The van der Waals surface area contributed by atoms with E-state index in [1.807, 2.05) is 46.1 Å². The third-order valence-corrected chi connectivity index (χ3v) is 11.1. The molecule has 0 atom stereocenters. The minimum atomic E-state index is 1.17. The molecule has 0 saturated carbocycles. The van der Waals surface area contributed by atoms with E-state index >= 15 is 0 Å². The van der Waals surface area contributed by atoms with Gasteiger partial charge in [-0.3, -0.25) is 0 Å².